The highest BCUT2D eigenvalue weighted by atomic mass is 16.5. The van der Waals surface area contributed by atoms with Crippen LogP contribution in [0.4, 0.5) is 5.95 Å². The van der Waals surface area contributed by atoms with Crippen molar-refractivity contribution in [3.8, 4) is 11.7 Å². The maximum atomic E-state index is 5.62. The fourth-order valence-electron chi connectivity index (χ4n) is 1.59. The molecular formula is C11H15N5O. The first-order valence-electron chi connectivity index (χ1n) is 5.24. The highest BCUT2D eigenvalue weighted by Crippen LogP contribution is 2.18. The first kappa shape index (κ1) is 11.4. The first-order chi connectivity index (χ1) is 8.02. The van der Waals surface area contributed by atoms with Crippen LogP contribution in [0.25, 0.3) is 5.82 Å². The van der Waals surface area contributed by atoms with E-state index in [0.717, 1.165) is 17.0 Å². The smallest absolute Gasteiger partial charge is 0.225 e. The van der Waals surface area contributed by atoms with Crippen molar-refractivity contribution in [1.29, 1.82) is 0 Å². The molecule has 2 rings (SSSR count). The van der Waals surface area contributed by atoms with E-state index in [-0.39, 0.29) is 5.95 Å². The molecule has 2 aromatic rings. The molecule has 0 spiro atoms. The molecule has 0 atom stereocenters. The minimum Gasteiger partial charge on any atom is -0.481 e. The molecule has 0 bridgehead atoms. The molecular weight excluding hydrogens is 218 g/mol. The summed E-state index contributed by atoms with van der Waals surface area (Å²) < 4.78 is 6.80. The van der Waals surface area contributed by atoms with E-state index in [1.165, 1.54) is 7.11 Å². The van der Waals surface area contributed by atoms with E-state index < -0.39 is 0 Å². The molecule has 0 aliphatic carbocycles. The fourth-order valence-corrected chi connectivity index (χ4v) is 1.59. The summed E-state index contributed by atoms with van der Waals surface area (Å²) in [5.41, 5.74) is 8.77. The van der Waals surface area contributed by atoms with Gasteiger partial charge in [0.15, 0.2) is 5.82 Å². The van der Waals surface area contributed by atoms with Crippen LogP contribution in [-0.4, -0.2) is 26.9 Å². The third-order valence-electron chi connectivity index (χ3n) is 2.79. The van der Waals surface area contributed by atoms with Crippen LogP contribution >= 0.6 is 0 Å². The zero-order valence-corrected chi connectivity index (χ0v) is 10.4. The van der Waals surface area contributed by atoms with E-state index >= 15 is 0 Å². The van der Waals surface area contributed by atoms with Crippen molar-refractivity contribution in [2.45, 2.75) is 20.8 Å². The number of aromatic nitrogens is 4. The molecule has 0 unspecified atom stereocenters. The predicted molar refractivity (Wildman–Crippen MR) is 64.3 cm³/mol. The normalized spacial score (nSPS) is 10.6. The Morgan fingerprint density at radius 2 is 1.94 bits per heavy atom. The minimum atomic E-state index is 0.171. The largest absolute Gasteiger partial charge is 0.481 e. The number of hydrogen-bond donors (Lipinski definition) is 1. The van der Waals surface area contributed by atoms with Crippen molar-refractivity contribution >= 4 is 5.95 Å². The second kappa shape index (κ2) is 4.04. The number of rotatable bonds is 2. The van der Waals surface area contributed by atoms with Gasteiger partial charge in [0.25, 0.3) is 0 Å². The molecule has 2 aromatic heterocycles. The number of nitrogens with zero attached hydrogens (tertiary/aromatic N) is 4. The first-order valence-corrected chi connectivity index (χ1v) is 5.24. The molecule has 2 heterocycles. The van der Waals surface area contributed by atoms with Gasteiger partial charge >= 0.3 is 0 Å². The number of ether oxygens (including phenoxy) is 1. The maximum absolute atomic E-state index is 5.62. The monoisotopic (exact) mass is 233 g/mol. The van der Waals surface area contributed by atoms with Crippen molar-refractivity contribution < 1.29 is 4.74 Å². The van der Waals surface area contributed by atoms with Gasteiger partial charge in [-0.05, 0) is 26.3 Å². The van der Waals surface area contributed by atoms with Gasteiger partial charge in [0.2, 0.25) is 11.8 Å². The molecule has 0 saturated heterocycles. The maximum Gasteiger partial charge on any atom is 0.225 e. The lowest BCUT2D eigenvalue weighted by Crippen LogP contribution is -2.06. The second-order valence-electron chi connectivity index (χ2n) is 3.83. The Morgan fingerprint density at radius 3 is 2.47 bits per heavy atom. The van der Waals surface area contributed by atoms with E-state index in [1.54, 1.807) is 10.7 Å². The lowest BCUT2D eigenvalue weighted by Gasteiger charge is -2.06. The van der Waals surface area contributed by atoms with Gasteiger partial charge in [-0.25, -0.2) is 4.68 Å². The number of nitrogen functional groups attached to an aromatic ring is 1. The zero-order valence-electron chi connectivity index (χ0n) is 10.4. The Balaban J connectivity index is 2.59. The summed E-state index contributed by atoms with van der Waals surface area (Å²) in [6.45, 7) is 5.97. The summed E-state index contributed by atoms with van der Waals surface area (Å²) in [6, 6.07) is 1.70. The number of aryl methyl sites for hydroxylation is 1. The lowest BCUT2D eigenvalue weighted by molar-refractivity contribution is 0.397. The van der Waals surface area contributed by atoms with Gasteiger partial charge in [0.1, 0.15) is 0 Å². The van der Waals surface area contributed by atoms with E-state index in [0.29, 0.717) is 11.7 Å². The fraction of sp³-hybridized carbons (Fsp3) is 0.364. The van der Waals surface area contributed by atoms with Gasteiger partial charge < -0.3 is 10.5 Å². The third-order valence-corrected chi connectivity index (χ3v) is 2.79. The Kier molecular flexibility index (Phi) is 2.71. The van der Waals surface area contributed by atoms with Crippen LogP contribution < -0.4 is 10.5 Å². The van der Waals surface area contributed by atoms with Gasteiger partial charge in [-0.1, -0.05) is 0 Å². The summed E-state index contributed by atoms with van der Waals surface area (Å²) in [6.07, 6.45) is 0. The van der Waals surface area contributed by atoms with E-state index in [1.807, 2.05) is 20.8 Å². The van der Waals surface area contributed by atoms with Crippen LogP contribution in [0.15, 0.2) is 6.07 Å². The molecule has 0 radical (unpaired) electrons. The van der Waals surface area contributed by atoms with Gasteiger partial charge in [-0.3, -0.25) is 0 Å². The van der Waals surface area contributed by atoms with Gasteiger partial charge in [0, 0.05) is 11.8 Å². The van der Waals surface area contributed by atoms with Crippen LogP contribution in [0, 0.1) is 20.8 Å². The number of hydrogen-bond acceptors (Lipinski definition) is 5. The average molecular weight is 233 g/mol. The number of nitrogens with two attached hydrogens (primary N) is 1. The average Bonchev–Trinajstić information content (AvgIpc) is 2.56. The Labute approximate surface area is 99.4 Å². The molecule has 6 heteroatoms. The zero-order chi connectivity index (χ0) is 12.6. The summed E-state index contributed by atoms with van der Waals surface area (Å²) in [7, 11) is 1.54. The molecule has 2 N–H and O–H groups in total. The molecule has 0 aromatic carbocycles. The molecule has 6 nitrogen and oxygen atoms in total. The van der Waals surface area contributed by atoms with Gasteiger partial charge in [-0.2, -0.15) is 15.1 Å². The van der Waals surface area contributed by atoms with Crippen molar-refractivity contribution in [3.05, 3.63) is 23.0 Å². The molecule has 90 valence electrons. The van der Waals surface area contributed by atoms with Crippen molar-refractivity contribution in [2.24, 2.45) is 0 Å². The number of methoxy groups -OCH3 is 1. The summed E-state index contributed by atoms with van der Waals surface area (Å²) in [5.74, 6) is 1.21. The molecule has 0 fully saturated rings. The summed E-state index contributed by atoms with van der Waals surface area (Å²) in [5, 5.41) is 4.41. The third kappa shape index (κ3) is 1.93. The molecule has 17 heavy (non-hydrogen) atoms. The van der Waals surface area contributed by atoms with E-state index in [4.69, 9.17) is 10.5 Å². The predicted octanol–water partition coefficient (Wildman–Crippen LogP) is 1.18. The molecule has 0 aliphatic rings. The summed E-state index contributed by atoms with van der Waals surface area (Å²) >= 11 is 0. The van der Waals surface area contributed by atoms with Crippen LogP contribution in [0.2, 0.25) is 0 Å². The van der Waals surface area contributed by atoms with E-state index in [9.17, 15) is 0 Å². The minimum absolute atomic E-state index is 0.171. The van der Waals surface area contributed by atoms with Gasteiger partial charge in [-0.15, -0.1) is 0 Å². The van der Waals surface area contributed by atoms with Crippen molar-refractivity contribution in [1.82, 2.24) is 19.7 Å². The Hall–Kier alpha value is -2.11. The Bertz CT molecular complexity index is 561. The quantitative estimate of drug-likeness (QED) is 0.842. The SMILES string of the molecule is COc1cc(-n2nc(C)c(C)c2C)nc(N)n1. The van der Waals surface area contributed by atoms with Crippen molar-refractivity contribution in [3.63, 3.8) is 0 Å². The van der Waals surface area contributed by atoms with Crippen LogP contribution in [0.3, 0.4) is 0 Å². The highest BCUT2D eigenvalue weighted by Gasteiger charge is 2.12. The number of anilines is 1. The topological polar surface area (TPSA) is 78.8 Å². The van der Waals surface area contributed by atoms with Gasteiger partial charge in [0.05, 0.1) is 12.8 Å². The van der Waals surface area contributed by atoms with Crippen LogP contribution in [0.5, 0.6) is 5.88 Å². The molecule has 0 saturated carbocycles. The lowest BCUT2D eigenvalue weighted by atomic mass is 10.2. The second-order valence-corrected chi connectivity index (χ2v) is 3.83. The van der Waals surface area contributed by atoms with E-state index in [2.05, 4.69) is 15.1 Å². The summed E-state index contributed by atoms with van der Waals surface area (Å²) in [4.78, 5) is 8.09. The molecule has 0 amide bonds. The standard InChI is InChI=1S/C11H15N5O/c1-6-7(2)15-16(8(6)3)9-5-10(17-4)14-11(12)13-9/h5H,1-4H3,(H2,12,13,14). The van der Waals surface area contributed by atoms with Crippen LogP contribution in [-0.2, 0) is 0 Å². The highest BCUT2D eigenvalue weighted by molar-refractivity contribution is 5.37. The van der Waals surface area contributed by atoms with Crippen molar-refractivity contribution in [2.75, 3.05) is 12.8 Å². The van der Waals surface area contributed by atoms with Crippen LogP contribution in [0.1, 0.15) is 17.0 Å². The molecule has 0 aliphatic heterocycles. The Morgan fingerprint density at radius 1 is 1.24 bits per heavy atom.